The summed E-state index contributed by atoms with van der Waals surface area (Å²) >= 11 is 0. The molecule has 6 heteroatoms. The SMILES string of the molecule is O=C(NCc1ccccc1Cn1cccn1)NC[C@H]1CCOC1. The van der Waals surface area contributed by atoms with Gasteiger partial charge in [0.1, 0.15) is 0 Å². The molecule has 2 heterocycles. The summed E-state index contributed by atoms with van der Waals surface area (Å²) in [6.07, 6.45) is 4.72. The first-order valence-electron chi connectivity index (χ1n) is 7.95. The van der Waals surface area contributed by atoms with Gasteiger partial charge in [-0.3, -0.25) is 4.68 Å². The standard InChI is InChI=1S/C17H22N4O2/c22-17(18-10-14-6-9-23-13-14)19-11-15-4-1-2-5-16(15)12-21-8-3-7-20-21/h1-5,7-8,14H,6,9-13H2,(H2,18,19,22)/t14-/m1/s1. The van der Waals surface area contributed by atoms with Crippen molar-refractivity contribution < 1.29 is 9.53 Å². The van der Waals surface area contributed by atoms with Crippen LogP contribution < -0.4 is 10.6 Å². The monoisotopic (exact) mass is 314 g/mol. The maximum absolute atomic E-state index is 11.9. The van der Waals surface area contributed by atoms with Crippen LogP contribution in [0.15, 0.2) is 42.7 Å². The Bertz CT molecular complexity index is 621. The van der Waals surface area contributed by atoms with Gasteiger partial charge in [0.2, 0.25) is 0 Å². The molecule has 0 unspecified atom stereocenters. The minimum Gasteiger partial charge on any atom is -0.381 e. The highest BCUT2D eigenvalue weighted by molar-refractivity contribution is 5.73. The minimum absolute atomic E-state index is 0.134. The van der Waals surface area contributed by atoms with E-state index in [-0.39, 0.29) is 6.03 Å². The minimum atomic E-state index is -0.134. The van der Waals surface area contributed by atoms with Crippen molar-refractivity contribution in [1.82, 2.24) is 20.4 Å². The number of urea groups is 1. The number of nitrogens with one attached hydrogen (secondary N) is 2. The Kier molecular flexibility index (Phi) is 5.26. The van der Waals surface area contributed by atoms with Gasteiger partial charge in [0.05, 0.1) is 13.2 Å². The van der Waals surface area contributed by atoms with E-state index in [9.17, 15) is 4.79 Å². The molecule has 1 aliphatic heterocycles. The van der Waals surface area contributed by atoms with Crippen LogP contribution in [0.25, 0.3) is 0 Å². The number of hydrogen-bond donors (Lipinski definition) is 2. The van der Waals surface area contributed by atoms with E-state index in [1.54, 1.807) is 6.20 Å². The van der Waals surface area contributed by atoms with Crippen molar-refractivity contribution in [2.75, 3.05) is 19.8 Å². The van der Waals surface area contributed by atoms with Crippen LogP contribution in [0.4, 0.5) is 4.79 Å². The second-order valence-corrected chi connectivity index (χ2v) is 5.77. The van der Waals surface area contributed by atoms with Gasteiger partial charge in [-0.25, -0.2) is 4.79 Å². The van der Waals surface area contributed by atoms with Crippen molar-refractivity contribution in [1.29, 1.82) is 0 Å². The Morgan fingerprint density at radius 3 is 2.87 bits per heavy atom. The lowest BCUT2D eigenvalue weighted by Gasteiger charge is -2.13. The number of carbonyl (C=O) groups excluding carboxylic acids is 1. The molecule has 1 aromatic heterocycles. The highest BCUT2D eigenvalue weighted by Crippen LogP contribution is 2.11. The molecule has 23 heavy (non-hydrogen) atoms. The molecule has 0 saturated carbocycles. The van der Waals surface area contributed by atoms with Crippen LogP contribution in [0.3, 0.4) is 0 Å². The number of aromatic nitrogens is 2. The van der Waals surface area contributed by atoms with Crippen molar-refractivity contribution in [2.24, 2.45) is 5.92 Å². The molecule has 1 aliphatic rings. The number of amides is 2. The lowest BCUT2D eigenvalue weighted by molar-refractivity contribution is 0.185. The number of ether oxygens (including phenoxy) is 1. The average Bonchev–Trinajstić information content (AvgIpc) is 3.25. The Balaban J connectivity index is 1.50. The summed E-state index contributed by atoms with van der Waals surface area (Å²) in [6, 6.07) is 9.85. The molecule has 6 nitrogen and oxygen atoms in total. The summed E-state index contributed by atoms with van der Waals surface area (Å²) in [6.45, 7) is 3.42. The summed E-state index contributed by atoms with van der Waals surface area (Å²) in [5, 5.41) is 10.1. The zero-order valence-corrected chi connectivity index (χ0v) is 13.1. The Hall–Kier alpha value is -2.34. The first kappa shape index (κ1) is 15.6. The highest BCUT2D eigenvalue weighted by Gasteiger charge is 2.16. The second-order valence-electron chi connectivity index (χ2n) is 5.77. The van der Waals surface area contributed by atoms with E-state index in [0.717, 1.165) is 30.8 Å². The van der Waals surface area contributed by atoms with Crippen molar-refractivity contribution in [3.8, 4) is 0 Å². The second kappa shape index (κ2) is 7.78. The van der Waals surface area contributed by atoms with Gasteiger partial charge in [-0.05, 0) is 23.6 Å². The Labute approximate surface area is 135 Å². The van der Waals surface area contributed by atoms with Gasteiger partial charge >= 0.3 is 6.03 Å². The lowest BCUT2D eigenvalue weighted by Crippen LogP contribution is -2.38. The van der Waals surface area contributed by atoms with Gasteiger partial charge < -0.3 is 15.4 Å². The smallest absolute Gasteiger partial charge is 0.315 e. The third-order valence-corrected chi connectivity index (χ3v) is 4.02. The van der Waals surface area contributed by atoms with Crippen LogP contribution in [0.2, 0.25) is 0 Å². The van der Waals surface area contributed by atoms with Crippen LogP contribution in [-0.2, 0) is 17.8 Å². The summed E-state index contributed by atoms with van der Waals surface area (Å²) in [5.74, 6) is 0.438. The van der Waals surface area contributed by atoms with Crippen molar-refractivity contribution >= 4 is 6.03 Å². The molecule has 2 amide bonds. The van der Waals surface area contributed by atoms with E-state index in [1.165, 1.54) is 0 Å². The molecule has 1 fully saturated rings. The molecule has 0 radical (unpaired) electrons. The maximum atomic E-state index is 11.9. The van der Waals surface area contributed by atoms with Crippen LogP contribution in [0, 0.1) is 5.92 Å². The third-order valence-electron chi connectivity index (χ3n) is 4.02. The number of rotatable bonds is 6. The predicted molar refractivity (Wildman–Crippen MR) is 86.9 cm³/mol. The van der Waals surface area contributed by atoms with E-state index >= 15 is 0 Å². The highest BCUT2D eigenvalue weighted by atomic mass is 16.5. The Morgan fingerprint density at radius 1 is 1.26 bits per heavy atom. The van der Waals surface area contributed by atoms with E-state index in [1.807, 2.05) is 35.1 Å². The first-order valence-corrected chi connectivity index (χ1v) is 7.95. The summed E-state index contributed by atoms with van der Waals surface area (Å²) in [5.41, 5.74) is 2.25. The number of benzene rings is 1. The molecule has 2 aromatic rings. The molecule has 0 bridgehead atoms. The fourth-order valence-electron chi connectivity index (χ4n) is 2.67. The predicted octanol–water partition coefficient (Wildman–Crippen LogP) is 1.77. The topological polar surface area (TPSA) is 68.2 Å². The summed E-state index contributed by atoms with van der Waals surface area (Å²) in [7, 11) is 0. The van der Waals surface area contributed by atoms with Crippen molar-refractivity contribution in [2.45, 2.75) is 19.5 Å². The van der Waals surface area contributed by atoms with E-state index < -0.39 is 0 Å². The van der Waals surface area contributed by atoms with Crippen LogP contribution in [0.5, 0.6) is 0 Å². The van der Waals surface area contributed by atoms with Gasteiger partial charge in [-0.1, -0.05) is 24.3 Å². The molecule has 0 aliphatic carbocycles. The lowest BCUT2D eigenvalue weighted by atomic mass is 10.1. The zero-order valence-electron chi connectivity index (χ0n) is 13.1. The van der Waals surface area contributed by atoms with Crippen molar-refractivity contribution in [3.05, 3.63) is 53.9 Å². The number of carbonyl (C=O) groups is 1. The maximum Gasteiger partial charge on any atom is 0.315 e. The molecule has 0 spiro atoms. The molecule has 122 valence electrons. The molecular weight excluding hydrogens is 292 g/mol. The Morgan fingerprint density at radius 2 is 2.13 bits per heavy atom. The fraction of sp³-hybridized carbons (Fsp3) is 0.412. The van der Waals surface area contributed by atoms with E-state index in [4.69, 9.17) is 4.74 Å². The van der Waals surface area contributed by atoms with E-state index in [2.05, 4.69) is 21.8 Å². The molecule has 1 saturated heterocycles. The molecule has 1 atom stereocenters. The van der Waals surface area contributed by atoms with Crippen LogP contribution in [-0.4, -0.2) is 35.6 Å². The number of nitrogens with zero attached hydrogens (tertiary/aromatic N) is 2. The summed E-state index contributed by atoms with van der Waals surface area (Å²) < 4.78 is 7.18. The van der Waals surface area contributed by atoms with Crippen molar-refractivity contribution in [3.63, 3.8) is 0 Å². The summed E-state index contributed by atoms with van der Waals surface area (Å²) in [4.78, 5) is 11.9. The number of hydrogen-bond acceptors (Lipinski definition) is 3. The molecule has 2 N–H and O–H groups in total. The quantitative estimate of drug-likeness (QED) is 0.854. The van der Waals surface area contributed by atoms with Crippen LogP contribution in [0.1, 0.15) is 17.5 Å². The van der Waals surface area contributed by atoms with Gasteiger partial charge in [-0.15, -0.1) is 0 Å². The fourth-order valence-corrected chi connectivity index (χ4v) is 2.67. The molecule has 1 aromatic carbocycles. The molecular formula is C17H22N4O2. The normalized spacial score (nSPS) is 17.1. The third kappa shape index (κ3) is 4.56. The van der Waals surface area contributed by atoms with Gasteiger partial charge in [-0.2, -0.15) is 5.10 Å². The average molecular weight is 314 g/mol. The first-order chi connectivity index (χ1) is 11.3. The van der Waals surface area contributed by atoms with Crippen LogP contribution >= 0.6 is 0 Å². The van der Waals surface area contributed by atoms with Gasteiger partial charge in [0.25, 0.3) is 0 Å². The van der Waals surface area contributed by atoms with Gasteiger partial charge in [0.15, 0.2) is 0 Å². The van der Waals surface area contributed by atoms with Gasteiger partial charge in [0, 0.05) is 38.0 Å². The zero-order chi connectivity index (χ0) is 15.9. The molecule has 3 rings (SSSR count). The largest absolute Gasteiger partial charge is 0.381 e. The van der Waals surface area contributed by atoms with E-state index in [0.29, 0.717) is 25.6 Å².